The fraction of sp³-hybridized carbons (Fsp3) is 0.667. The van der Waals surface area contributed by atoms with E-state index in [0.29, 0.717) is 0 Å². The number of rotatable bonds is 13. The van der Waals surface area contributed by atoms with E-state index >= 15 is 0 Å². The molecule has 0 aliphatic carbocycles. The Balaban J connectivity index is 2.25. The molecule has 1 aromatic rings. The Hall–Kier alpha value is -0.920. The van der Waals surface area contributed by atoms with Crippen molar-refractivity contribution in [2.75, 3.05) is 0 Å². The zero-order chi connectivity index (χ0) is 18.8. The molecule has 5 nitrogen and oxygen atoms in total. The third kappa shape index (κ3) is 7.88. The lowest BCUT2D eigenvalue weighted by atomic mass is 10.0. The van der Waals surface area contributed by atoms with E-state index in [2.05, 4.69) is 6.92 Å². The van der Waals surface area contributed by atoms with Gasteiger partial charge in [0.2, 0.25) is 0 Å². The molecule has 0 aliphatic rings. The van der Waals surface area contributed by atoms with E-state index in [9.17, 15) is 16.8 Å². The molecule has 0 aliphatic heterocycles. The van der Waals surface area contributed by atoms with Crippen molar-refractivity contribution in [1.29, 1.82) is 0 Å². The van der Waals surface area contributed by atoms with Crippen LogP contribution in [0.15, 0.2) is 29.2 Å². The van der Waals surface area contributed by atoms with E-state index < -0.39 is 22.9 Å². The van der Waals surface area contributed by atoms with Crippen molar-refractivity contribution in [2.45, 2.75) is 82.4 Å². The van der Waals surface area contributed by atoms with Crippen LogP contribution in [0.25, 0.3) is 0 Å². The van der Waals surface area contributed by atoms with Crippen LogP contribution in [0, 0.1) is 0 Å². The highest BCUT2D eigenvalue weighted by Crippen LogP contribution is 2.18. The quantitative estimate of drug-likeness (QED) is 0.299. The summed E-state index contributed by atoms with van der Waals surface area (Å²) in [7, 11) is -9.84. The molecule has 0 unspecified atom stereocenters. The maximum atomic E-state index is 11.6. The SMILES string of the molecule is CCCCCCCCCCCCc1ccc(S(=O)(=O)S(=O)(=O)O)cc1. The Morgan fingerprint density at radius 1 is 0.720 bits per heavy atom. The van der Waals surface area contributed by atoms with E-state index in [1.54, 1.807) is 12.1 Å². The molecule has 0 spiro atoms. The Morgan fingerprint density at radius 3 is 1.60 bits per heavy atom. The van der Waals surface area contributed by atoms with Gasteiger partial charge in [-0.1, -0.05) is 76.8 Å². The van der Waals surface area contributed by atoms with Crippen molar-refractivity contribution < 1.29 is 21.4 Å². The largest absolute Gasteiger partial charge is 0.377 e. The van der Waals surface area contributed by atoms with Gasteiger partial charge in [-0.05, 0) is 30.5 Å². The molecule has 0 saturated carbocycles. The van der Waals surface area contributed by atoms with Gasteiger partial charge in [-0.3, -0.25) is 4.55 Å². The summed E-state index contributed by atoms with van der Waals surface area (Å²) in [5.41, 5.74) is 0.967. The van der Waals surface area contributed by atoms with Crippen molar-refractivity contribution >= 4 is 18.0 Å². The summed E-state index contributed by atoms with van der Waals surface area (Å²) in [4.78, 5) is -0.401. The number of hydrogen-bond donors (Lipinski definition) is 1. The number of aryl methyl sites for hydroxylation is 1. The van der Waals surface area contributed by atoms with Crippen LogP contribution in [0.3, 0.4) is 0 Å². The van der Waals surface area contributed by atoms with E-state index in [0.717, 1.165) is 24.8 Å². The van der Waals surface area contributed by atoms with Gasteiger partial charge in [0, 0.05) is 0 Å². The van der Waals surface area contributed by atoms with Gasteiger partial charge in [-0.2, -0.15) is 8.42 Å². The van der Waals surface area contributed by atoms with Gasteiger partial charge in [0.25, 0.3) is 0 Å². The highest BCUT2D eigenvalue weighted by atomic mass is 33.2. The van der Waals surface area contributed by atoms with Crippen LogP contribution in [0.5, 0.6) is 0 Å². The molecule has 0 atom stereocenters. The minimum atomic E-state index is -5.13. The van der Waals surface area contributed by atoms with E-state index in [-0.39, 0.29) is 0 Å². The van der Waals surface area contributed by atoms with Crippen LogP contribution in [0.1, 0.15) is 76.7 Å². The first-order valence-corrected chi connectivity index (χ1v) is 12.5. The van der Waals surface area contributed by atoms with Gasteiger partial charge in [0.15, 0.2) is 0 Å². The van der Waals surface area contributed by atoms with E-state index in [1.165, 1.54) is 63.5 Å². The van der Waals surface area contributed by atoms with Crippen LogP contribution < -0.4 is 0 Å². The predicted molar refractivity (Wildman–Crippen MR) is 101 cm³/mol. The summed E-state index contributed by atoms with van der Waals surface area (Å²) >= 11 is 0. The Morgan fingerprint density at radius 2 is 1.16 bits per heavy atom. The van der Waals surface area contributed by atoms with Gasteiger partial charge in [0.05, 0.1) is 4.90 Å². The summed E-state index contributed by atoms with van der Waals surface area (Å²) < 4.78 is 53.7. The van der Waals surface area contributed by atoms with Crippen molar-refractivity contribution in [1.82, 2.24) is 0 Å². The average molecular weight is 391 g/mol. The molecule has 0 fully saturated rings. The second kappa shape index (κ2) is 10.9. The number of hydrogen-bond acceptors (Lipinski definition) is 4. The number of unbranched alkanes of at least 4 members (excludes halogenated alkanes) is 9. The maximum Gasteiger partial charge on any atom is 0.377 e. The molecule has 0 bridgehead atoms. The zero-order valence-corrected chi connectivity index (χ0v) is 16.6. The summed E-state index contributed by atoms with van der Waals surface area (Å²) in [6.07, 6.45) is 13.4. The summed E-state index contributed by atoms with van der Waals surface area (Å²) in [6.45, 7) is 2.22. The van der Waals surface area contributed by atoms with Gasteiger partial charge < -0.3 is 0 Å². The fourth-order valence-electron chi connectivity index (χ4n) is 2.76. The lowest BCUT2D eigenvalue weighted by Gasteiger charge is -2.05. The second-order valence-corrected chi connectivity index (χ2v) is 11.3. The summed E-state index contributed by atoms with van der Waals surface area (Å²) in [5, 5.41) is 0. The lowest BCUT2D eigenvalue weighted by molar-refractivity contribution is 0.493. The van der Waals surface area contributed by atoms with Crippen molar-refractivity contribution in [3.63, 3.8) is 0 Å². The van der Waals surface area contributed by atoms with E-state index in [4.69, 9.17) is 4.55 Å². The van der Waals surface area contributed by atoms with Gasteiger partial charge in [-0.25, -0.2) is 8.42 Å². The summed E-state index contributed by atoms with van der Waals surface area (Å²) in [6, 6.07) is 5.67. The second-order valence-electron chi connectivity index (χ2n) is 6.46. The fourth-order valence-corrected chi connectivity index (χ4v) is 4.54. The highest BCUT2D eigenvalue weighted by molar-refractivity contribution is 8.64. The van der Waals surface area contributed by atoms with Crippen molar-refractivity contribution in [2.24, 2.45) is 0 Å². The summed E-state index contributed by atoms with van der Waals surface area (Å²) in [5.74, 6) is 0. The molecule has 1 N–H and O–H groups in total. The minimum Gasteiger partial charge on any atom is -0.273 e. The molecular weight excluding hydrogens is 360 g/mol. The van der Waals surface area contributed by atoms with Gasteiger partial charge in [-0.15, -0.1) is 0 Å². The average Bonchev–Trinajstić information content (AvgIpc) is 2.56. The maximum absolute atomic E-state index is 11.6. The van der Waals surface area contributed by atoms with Crippen LogP contribution in [0.2, 0.25) is 0 Å². The third-order valence-corrected chi connectivity index (χ3v) is 7.95. The first kappa shape index (κ1) is 22.1. The standard InChI is InChI=1S/C18H30O5S2/c1-2-3-4-5-6-7-8-9-10-11-12-17-13-15-18(16-14-17)24(19,20)25(21,22)23/h13-16H,2-12H2,1H3,(H,21,22,23). The molecular formula is C18H30O5S2. The van der Waals surface area contributed by atoms with Crippen LogP contribution in [-0.4, -0.2) is 21.4 Å². The minimum absolute atomic E-state index is 0.401. The topological polar surface area (TPSA) is 88.5 Å². The van der Waals surface area contributed by atoms with Crippen molar-refractivity contribution in [3.8, 4) is 0 Å². The van der Waals surface area contributed by atoms with Crippen LogP contribution in [-0.2, 0) is 24.4 Å². The molecule has 25 heavy (non-hydrogen) atoms. The highest BCUT2D eigenvalue weighted by Gasteiger charge is 2.29. The first-order valence-electron chi connectivity index (χ1n) is 9.10. The Kier molecular flexibility index (Phi) is 9.67. The molecule has 0 heterocycles. The van der Waals surface area contributed by atoms with Crippen LogP contribution >= 0.6 is 0 Å². The van der Waals surface area contributed by atoms with Crippen molar-refractivity contribution in [3.05, 3.63) is 29.8 Å². The van der Waals surface area contributed by atoms with Crippen LogP contribution in [0.4, 0.5) is 0 Å². The molecule has 0 aromatic heterocycles. The van der Waals surface area contributed by atoms with Gasteiger partial charge >= 0.3 is 18.0 Å². The monoisotopic (exact) mass is 390 g/mol. The Bertz CT molecular complexity index is 691. The molecule has 1 aromatic carbocycles. The predicted octanol–water partition coefficient (Wildman–Crippen LogP) is 4.73. The van der Waals surface area contributed by atoms with E-state index in [1.807, 2.05) is 0 Å². The Labute approximate surface area is 151 Å². The first-order chi connectivity index (χ1) is 11.8. The molecule has 0 saturated heterocycles. The lowest BCUT2D eigenvalue weighted by Crippen LogP contribution is -2.14. The molecule has 0 radical (unpaired) electrons. The normalized spacial score (nSPS) is 12.4. The third-order valence-electron chi connectivity index (χ3n) is 4.31. The molecule has 0 amide bonds. The zero-order valence-electron chi connectivity index (χ0n) is 15.0. The smallest absolute Gasteiger partial charge is 0.273 e. The molecule has 144 valence electrons. The molecule has 1 rings (SSSR count). The molecule has 7 heteroatoms. The van der Waals surface area contributed by atoms with Gasteiger partial charge in [0.1, 0.15) is 0 Å². The number of benzene rings is 1.